The number of fused-ring (bicyclic) bond motifs is 1. The lowest BCUT2D eigenvalue weighted by Gasteiger charge is -2.27. The Morgan fingerprint density at radius 1 is 1.23 bits per heavy atom. The van der Waals surface area contributed by atoms with E-state index in [1.54, 1.807) is 18.2 Å². The molecule has 0 spiro atoms. The van der Waals surface area contributed by atoms with E-state index in [9.17, 15) is 8.78 Å². The molecule has 0 N–H and O–H groups in total. The third kappa shape index (κ3) is 2.66. The fourth-order valence-electron chi connectivity index (χ4n) is 2.27. The highest BCUT2D eigenvalue weighted by Crippen LogP contribution is 2.41. The van der Waals surface area contributed by atoms with Gasteiger partial charge in [-0.1, -0.05) is 17.2 Å². The normalized spacial score (nSPS) is 16.0. The Balaban J connectivity index is 2.02. The van der Waals surface area contributed by atoms with Gasteiger partial charge in [-0.15, -0.1) is 0 Å². The van der Waals surface area contributed by atoms with Gasteiger partial charge in [0.25, 0.3) is 0 Å². The summed E-state index contributed by atoms with van der Waals surface area (Å²) in [5, 5.41) is 3.45. The minimum Gasteiger partial charge on any atom is -0.486 e. The number of rotatable bonds is 3. The molecule has 2 aromatic rings. The molecule has 22 heavy (non-hydrogen) atoms. The van der Waals surface area contributed by atoms with Crippen molar-refractivity contribution in [3.63, 3.8) is 0 Å². The average molecular weight is 303 g/mol. The molecule has 1 unspecified atom stereocenters. The maximum atomic E-state index is 14.0. The van der Waals surface area contributed by atoms with Crippen molar-refractivity contribution >= 4 is 0 Å². The van der Waals surface area contributed by atoms with Crippen LogP contribution >= 0.6 is 0 Å². The largest absolute Gasteiger partial charge is 0.486 e. The lowest BCUT2D eigenvalue weighted by Crippen LogP contribution is -2.31. The minimum absolute atomic E-state index is 0.107. The van der Waals surface area contributed by atoms with E-state index in [0.717, 1.165) is 6.07 Å². The third-order valence-corrected chi connectivity index (χ3v) is 3.26. The Morgan fingerprint density at radius 3 is 2.86 bits per heavy atom. The van der Waals surface area contributed by atoms with Gasteiger partial charge in [-0.25, -0.2) is 8.78 Å². The smallest absolute Gasteiger partial charge is 0.169 e. The van der Waals surface area contributed by atoms with Crippen LogP contribution in [-0.4, -0.2) is 19.3 Å². The van der Waals surface area contributed by atoms with E-state index in [0.29, 0.717) is 17.1 Å². The van der Waals surface area contributed by atoms with Crippen molar-refractivity contribution in [2.24, 2.45) is 5.11 Å². The molecule has 112 valence electrons. The van der Waals surface area contributed by atoms with Crippen molar-refractivity contribution < 1.29 is 18.3 Å². The molecule has 0 aromatic heterocycles. The van der Waals surface area contributed by atoms with Gasteiger partial charge in [0.15, 0.2) is 11.5 Å². The second kappa shape index (κ2) is 5.91. The minimum atomic E-state index is -0.686. The van der Waals surface area contributed by atoms with E-state index < -0.39 is 17.7 Å². The first-order chi connectivity index (χ1) is 10.7. The summed E-state index contributed by atoms with van der Waals surface area (Å²) in [4.78, 5) is 2.68. The molecule has 0 saturated heterocycles. The summed E-state index contributed by atoms with van der Waals surface area (Å²) < 4.78 is 38.4. The van der Waals surface area contributed by atoms with E-state index in [2.05, 4.69) is 10.0 Å². The van der Waals surface area contributed by atoms with Crippen LogP contribution in [0.25, 0.3) is 21.6 Å². The van der Waals surface area contributed by atoms with Crippen LogP contribution in [0.2, 0.25) is 0 Å². The second-order valence-electron chi connectivity index (χ2n) is 4.72. The Kier molecular flexibility index (Phi) is 3.80. The fraction of sp³-hybridized carbons (Fsp3) is 0.200. The fourth-order valence-corrected chi connectivity index (χ4v) is 2.27. The van der Waals surface area contributed by atoms with Crippen molar-refractivity contribution in [2.45, 2.75) is 6.10 Å². The number of benzene rings is 2. The number of hydrogen-bond donors (Lipinski definition) is 0. The summed E-state index contributed by atoms with van der Waals surface area (Å²) >= 11 is 0. The molecule has 5 nitrogen and oxygen atoms in total. The standard InChI is InChI=1S/C15H11F2N3O2/c16-9-4-5-11(13(17)6-9)12-2-1-3-14-15(12)22-10(8-21-14)7-19-20-18/h1-6,10H,7-8H2. The number of ether oxygens (including phenoxy) is 2. The molecular formula is C15H11F2N3O2. The number of para-hydroxylation sites is 1. The molecule has 3 rings (SSSR count). The van der Waals surface area contributed by atoms with Gasteiger partial charge in [-0.05, 0) is 23.7 Å². The Labute approximate surface area is 124 Å². The van der Waals surface area contributed by atoms with Gasteiger partial charge in [-0.2, -0.15) is 0 Å². The van der Waals surface area contributed by atoms with Gasteiger partial charge in [0.2, 0.25) is 0 Å². The zero-order valence-corrected chi connectivity index (χ0v) is 11.4. The van der Waals surface area contributed by atoms with Crippen LogP contribution in [0.15, 0.2) is 41.5 Å². The number of nitrogens with zero attached hydrogens (tertiary/aromatic N) is 3. The highest BCUT2D eigenvalue weighted by molar-refractivity contribution is 5.74. The molecule has 7 heteroatoms. The van der Waals surface area contributed by atoms with E-state index in [-0.39, 0.29) is 18.7 Å². The summed E-state index contributed by atoms with van der Waals surface area (Å²) in [6.45, 7) is 0.345. The predicted molar refractivity (Wildman–Crippen MR) is 75.7 cm³/mol. The van der Waals surface area contributed by atoms with Crippen LogP contribution in [0.3, 0.4) is 0 Å². The van der Waals surface area contributed by atoms with Crippen LogP contribution in [0, 0.1) is 11.6 Å². The van der Waals surface area contributed by atoms with E-state index in [4.69, 9.17) is 15.0 Å². The van der Waals surface area contributed by atoms with E-state index in [1.807, 2.05) is 0 Å². The van der Waals surface area contributed by atoms with Gasteiger partial charge < -0.3 is 9.47 Å². The first-order valence-electron chi connectivity index (χ1n) is 6.58. The van der Waals surface area contributed by atoms with Crippen LogP contribution in [0.5, 0.6) is 11.5 Å². The Hall–Kier alpha value is -2.79. The zero-order chi connectivity index (χ0) is 15.5. The molecule has 2 aromatic carbocycles. The van der Waals surface area contributed by atoms with Crippen molar-refractivity contribution in [1.82, 2.24) is 0 Å². The van der Waals surface area contributed by atoms with Crippen molar-refractivity contribution in [3.05, 3.63) is 58.5 Å². The third-order valence-electron chi connectivity index (χ3n) is 3.26. The summed E-state index contributed by atoms with van der Waals surface area (Å²) in [5.74, 6) is -0.505. The van der Waals surface area contributed by atoms with Crippen LogP contribution < -0.4 is 9.47 Å². The van der Waals surface area contributed by atoms with Gasteiger partial charge in [0.05, 0.1) is 6.54 Å². The maximum Gasteiger partial charge on any atom is 0.169 e. The molecule has 1 heterocycles. The van der Waals surface area contributed by atoms with Gasteiger partial charge in [-0.3, -0.25) is 0 Å². The summed E-state index contributed by atoms with van der Waals surface area (Å²) in [7, 11) is 0. The van der Waals surface area contributed by atoms with Gasteiger partial charge in [0.1, 0.15) is 24.3 Å². The molecule has 1 aliphatic rings. The maximum absolute atomic E-state index is 14.0. The number of hydrogen-bond acceptors (Lipinski definition) is 3. The summed E-state index contributed by atoms with van der Waals surface area (Å²) in [5.41, 5.74) is 9.04. The lowest BCUT2D eigenvalue weighted by molar-refractivity contribution is 0.0976. The lowest BCUT2D eigenvalue weighted by atomic mass is 10.0. The predicted octanol–water partition coefficient (Wildman–Crippen LogP) is 4.08. The molecule has 1 atom stereocenters. The molecule has 0 amide bonds. The number of halogens is 2. The summed E-state index contributed by atoms with van der Waals surface area (Å²) in [6.07, 6.45) is -0.451. The topological polar surface area (TPSA) is 67.2 Å². The van der Waals surface area contributed by atoms with E-state index >= 15 is 0 Å². The van der Waals surface area contributed by atoms with Crippen molar-refractivity contribution in [2.75, 3.05) is 13.2 Å². The van der Waals surface area contributed by atoms with Crippen LogP contribution in [0.1, 0.15) is 0 Å². The van der Waals surface area contributed by atoms with Crippen molar-refractivity contribution in [1.29, 1.82) is 0 Å². The number of azide groups is 1. The first kappa shape index (κ1) is 14.2. The Morgan fingerprint density at radius 2 is 2.09 bits per heavy atom. The molecule has 0 bridgehead atoms. The monoisotopic (exact) mass is 303 g/mol. The molecule has 0 saturated carbocycles. The SMILES string of the molecule is [N-]=[N+]=NCC1COc2cccc(-c3ccc(F)cc3F)c2O1. The zero-order valence-electron chi connectivity index (χ0n) is 11.4. The first-order valence-corrected chi connectivity index (χ1v) is 6.58. The average Bonchev–Trinajstić information content (AvgIpc) is 2.52. The highest BCUT2D eigenvalue weighted by atomic mass is 19.1. The molecule has 0 fully saturated rings. The molecule has 1 aliphatic heterocycles. The Bertz CT molecular complexity index is 760. The van der Waals surface area contributed by atoms with Crippen LogP contribution in [-0.2, 0) is 0 Å². The van der Waals surface area contributed by atoms with Crippen LogP contribution in [0.4, 0.5) is 8.78 Å². The molecule has 0 radical (unpaired) electrons. The van der Waals surface area contributed by atoms with Gasteiger partial charge in [0, 0.05) is 22.1 Å². The van der Waals surface area contributed by atoms with Crippen molar-refractivity contribution in [3.8, 4) is 22.6 Å². The summed E-state index contributed by atoms with van der Waals surface area (Å²) in [6, 6.07) is 8.40. The highest BCUT2D eigenvalue weighted by Gasteiger charge is 2.24. The molecule has 0 aliphatic carbocycles. The second-order valence-corrected chi connectivity index (χ2v) is 4.72. The van der Waals surface area contributed by atoms with Gasteiger partial charge >= 0.3 is 0 Å². The van der Waals surface area contributed by atoms with E-state index in [1.165, 1.54) is 12.1 Å². The molecular weight excluding hydrogens is 292 g/mol. The quantitative estimate of drug-likeness (QED) is 0.487.